The van der Waals surface area contributed by atoms with Crippen LogP contribution in [0.4, 0.5) is 10.8 Å². The van der Waals surface area contributed by atoms with E-state index in [-0.39, 0.29) is 0 Å². The summed E-state index contributed by atoms with van der Waals surface area (Å²) >= 11 is 1.69. The Labute approximate surface area is 139 Å². The normalized spacial score (nSPS) is 10.8. The molecule has 0 fully saturated rings. The van der Waals surface area contributed by atoms with Gasteiger partial charge >= 0.3 is 0 Å². The topological polar surface area (TPSA) is 24.9 Å². The molecule has 3 aromatic carbocycles. The molecule has 1 N–H and O–H groups in total. The third-order valence-corrected chi connectivity index (χ3v) is 4.66. The molecule has 1 aromatic heterocycles. The zero-order valence-electron chi connectivity index (χ0n) is 12.6. The van der Waals surface area contributed by atoms with Crippen molar-refractivity contribution >= 4 is 32.4 Å². The van der Waals surface area contributed by atoms with E-state index in [0.717, 1.165) is 22.8 Å². The molecular formula is C20H16N2S. The van der Waals surface area contributed by atoms with Crippen molar-refractivity contribution in [2.45, 2.75) is 6.42 Å². The Bertz CT molecular complexity index is 875. The number of nitrogens with one attached hydrogen (secondary N) is 1. The maximum absolute atomic E-state index is 4.66. The zero-order valence-corrected chi connectivity index (χ0v) is 13.4. The number of fused-ring (bicyclic) bond motifs is 1. The Kier molecular flexibility index (Phi) is 3.78. The van der Waals surface area contributed by atoms with Crippen LogP contribution < -0.4 is 5.32 Å². The highest BCUT2D eigenvalue weighted by molar-refractivity contribution is 7.22. The molecule has 0 aliphatic carbocycles. The lowest BCUT2D eigenvalue weighted by Crippen LogP contribution is -1.87. The van der Waals surface area contributed by atoms with Crippen molar-refractivity contribution in [2.75, 3.05) is 5.32 Å². The van der Waals surface area contributed by atoms with E-state index in [4.69, 9.17) is 0 Å². The molecule has 0 atom stereocenters. The second kappa shape index (κ2) is 6.23. The number of hydrogen-bond donors (Lipinski definition) is 1. The van der Waals surface area contributed by atoms with E-state index < -0.39 is 0 Å². The summed E-state index contributed by atoms with van der Waals surface area (Å²) in [4.78, 5) is 4.66. The van der Waals surface area contributed by atoms with Crippen LogP contribution in [0.3, 0.4) is 0 Å². The predicted molar refractivity (Wildman–Crippen MR) is 98.6 cm³/mol. The minimum absolute atomic E-state index is 0.933. The fourth-order valence-electron chi connectivity index (χ4n) is 2.61. The van der Waals surface area contributed by atoms with E-state index in [1.807, 2.05) is 30.3 Å². The van der Waals surface area contributed by atoms with Crippen molar-refractivity contribution in [2.24, 2.45) is 0 Å². The second-order valence-corrected chi connectivity index (χ2v) is 6.51. The molecule has 0 radical (unpaired) electrons. The molecule has 3 heteroatoms. The summed E-state index contributed by atoms with van der Waals surface area (Å²) < 4.78 is 1.22. The van der Waals surface area contributed by atoms with Crippen LogP contribution in [0.5, 0.6) is 0 Å². The van der Waals surface area contributed by atoms with Gasteiger partial charge in [-0.15, -0.1) is 0 Å². The van der Waals surface area contributed by atoms with Gasteiger partial charge in [-0.05, 0) is 41.8 Å². The molecule has 0 aliphatic heterocycles. The third kappa shape index (κ3) is 3.25. The lowest BCUT2D eigenvalue weighted by Gasteiger charge is -2.01. The molecule has 0 bridgehead atoms. The van der Waals surface area contributed by atoms with Gasteiger partial charge in [-0.3, -0.25) is 0 Å². The maximum atomic E-state index is 4.66. The van der Waals surface area contributed by atoms with Crippen molar-refractivity contribution in [3.05, 3.63) is 90.0 Å². The largest absolute Gasteiger partial charge is 0.332 e. The lowest BCUT2D eigenvalue weighted by atomic mass is 10.1. The SMILES string of the molecule is c1ccc(Cc2ccc3nc(Nc4ccccc4)sc3c2)cc1. The molecule has 0 unspecified atom stereocenters. The molecule has 0 saturated heterocycles. The molecule has 0 saturated carbocycles. The summed E-state index contributed by atoms with van der Waals surface area (Å²) in [5.74, 6) is 0. The van der Waals surface area contributed by atoms with E-state index >= 15 is 0 Å². The van der Waals surface area contributed by atoms with Crippen LogP contribution in [0.15, 0.2) is 78.9 Å². The van der Waals surface area contributed by atoms with Gasteiger partial charge in [0.15, 0.2) is 5.13 Å². The van der Waals surface area contributed by atoms with Crippen molar-refractivity contribution in [1.29, 1.82) is 0 Å². The van der Waals surface area contributed by atoms with Crippen molar-refractivity contribution in [3.63, 3.8) is 0 Å². The highest BCUT2D eigenvalue weighted by atomic mass is 32.1. The van der Waals surface area contributed by atoms with Crippen molar-refractivity contribution in [3.8, 4) is 0 Å². The number of benzene rings is 3. The van der Waals surface area contributed by atoms with Crippen LogP contribution in [-0.4, -0.2) is 4.98 Å². The molecule has 112 valence electrons. The second-order valence-electron chi connectivity index (χ2n) is 5.47. The smallest absolute Gasteiger partial charge is 0.188 e. The average molecular weight is 316 g/mol. The van der Waals surface area contributed by atoms with Crippen LogP contribution in [0, 0.1) is 0 Å². The number of hydrogen-bond acceptors (Lipinski definition) is 3. The fourth-order valence-corrected chi connectivity index (χ4v) is 3.56. The van der Waals surface area contributed by atoms with Gasteiger partial charge in [0.1, 0.15) is 0 Å². The summed E-state index contributed by atoms with van der Waals surface area (Å²) in [7, 11) is 0. The van der Waals surface area contributed by atoms with Crippen LogP contribution >= 0.6 is 11.3 Å². The number of nitrogens with zero attached hydrogens (tertiary/aromatic N) is 1. The van der Waals surface area contributed by atoms with E-state index in [9.17, 15) is 0 Å². The Hall–Kier alpha value is -2.65. The molecule has 4 rings (SSSR count). The first-order valence-electron chi connectivity index (χ1n) is 7.62. The predicted octanol–water partition coefficient (Wildman–Crippen LogP) is 5.63. The molecule has 0 amide bonds. The van der Waals surface area contributed by atoms with Crippen molar-refractivity contribution < 1.29 is 0 Å². The van der Waals surface area contributed by atoms with Crippen LogP contribution in [0.1, 0.15) is 11.1 Å². The summed E-state index contributed by atoms with van der Waals surface area (Å²) in [5, 5.41) is 4.30. The van der Waals surface area contributed by atoms with Crippen LogP contribution in [0.25, 0.3) is 10.2 Å². The lowest BCUT2D eigenvalue weighted by molar-refractivity contribution is 1.20. The highest BCUT2D eigenvalue weighted by Gasteiger charge is 2.05. The number of anilines is 2. The van der Waals surface area contributed by atoms with Gasteiger partial charge in [-0.2, -0.15) is 0 Å². The number of aromatic nitrogens is 1. The maximum Gasteiger partial charge on any atom is 0.188 e. The zero-order chi connectivity index (χ0) is 15.5. The van der Waals surface area contributed by atoms with Crippen LogP contribution in [0.2, 0.25) is 0 Å². The first-order chi connectivity index (χ1) is 11.4. The minimum atomic E-state index is 0.933. The fraction of sp³-hybridized carbons (Fsp3) is 0.0500. The number of rotatable bonds is 4. The summed E-state index contributed by atoms with van der Waals surface area (Å²) in [6.45, 7) is 0. The first kappa shape index (κ1) is 14.0. The van der Waals surface area contributed by atoms with Gasteiger partial charge in [0.2, 0.25) is 0 Å². The summed E-state index contributed by atoms with van der Waals surface area (Å²) in [6.07, 6.45) is 0.954. The quantitative estimate of drug-likeness (QED) is 0.527. The molecule has 4 aromatic rings. The molecule has 1 heterocycles. The molecule has 23 heavy (non-hydrogen) atoms. The molecular weight excluding hydrogens is 300 g/mol. The standard InChI is InChI=1S/C20H16N2S/c1-3-7-15(8-4-1)13-16-11-12-18-19(14-16)23-20(22-18)21-17-9-5-2-6-10-17/h1-12,14H,13H2,(H,21,22). The van der Waals surface area contributed by atoms with Gasteiger partial charge in [0.25, 0.3) is 0 Å². The van der Waals surface area contributed by atoms with Gasteiger partial charge in [0.05, 0.1) is 10.2 Å². The van der Waals surface area contributed by atoms with Crippen molar-refractivity contribution in [1.82, 2.24) is 4.98 Å². The molecule has 2 nitrogen and oxygen atoms in total. The monoisotopic (exact) mass is 316 g/mol. The Morgan fingerprint density at radius 1 is 0.783 bits per heavy atom. The van der Waals surface area contributed by atoms with E-state index in [2.05, 4.69) is 58.8 Å². The van der Waals surface area contributed by atoms with E-state index in [1.54, 1.807) is 11.3 Å². The Balaban J connectivity index is 1.59. The van der Waals surface area contributed by atoms with E-state index in [0.29, 0.717) is 0 Å². The number of para-hydroxylation sites is 1. The third-order valence-electron chi connectivity index (χ3n) is 3.73. The summed E-state index contributed by atoms with van der Waals surface area (Å²) in [5.41, 5.74) is 4.76. The van der Waals surface area contributed by atoms with E-state index in [1.165, 1.54) is 15.8 Å². The molecule has 0 aliphatic rings. The van der Waals surface area contributed by atoms with Gasteiger partial charge in [-0.1, -0.05) is 65.9 Å². The van der Waals surface area contributed by atoms with Gasteiger partial charge in [-0.25, -0.2) is 4.98 Å². The molecule has 0 spiro atoms. The summed E-state index contributed by atoms with van der Waals surface area (Å²) in [6, 6.07) is 27.2. The highest BCUT2D eigenvalue weighted by Crippen LogP contribution is 2.29. The van der Waals surface area contributed by atoms with Gasteiger partial charge in [0, 0.05) is 5.69 Å². The Morgan fingerprint density at radius 2 is 1.52 bits per heavy atom. The first-order valence-corrected chi connectivity index (χ1v) is 8.44. The van der Waals surface area contributed by atoms with Crippen LogP contribution in [-0.2, 0) is 6.42 Å². The minimum Gasteiger partial charge on any atom is -0.332 e. The average Bonchev–Trinajstić information content (AvgIpc) is 2.98. The Morgan fingerprint density at radius 3 is 2.30 bits per heavy atom. The van der Waals surface area contributed by atoms with Gasteiger partial charge < -0.3 is 5.32 Å². The number of thiazole rings is 1.